The van der Waals surface area contributed by atoms with E-state index in [1.54, 1.807) is 12.1 Å². The van der Waals surface area contributed by atoms with E-state index >= 15 is 0 Å². The molecule has 0 aromatic carbocycles. The molecule has 0 amide bonds. The Balaban J connectivity index is 1.64. The Labute approximate surface area is 162 Å². The molecule has 0 radical (unpaired) electrons. The maximum atomic E-state index is 12.5. The van der Waals surface area contributed by atoms with E-state index < -0.39 is 12.8 Å². The number of aromatic nitrogens is 3. The smallest absolute Gasteiger partial charge is 0.422 e. The largest absolute Gasteiger partial charge is 0.468 e. The third-order valence-electron chi connectivity index (χ3n) is 4.46. The summed E-state index contributed by atoms with van der Waals surface area (Å²) in [6.45, 7) is 6.22. The van der Waals surface area contributed by atoms with E-state index in [1.807, 2.05) is 19.9 Å². The monoisotopic (exact) mass is 395 g/mol. The summed E-state index contributed by atoms with van der Waals surface area (Å²) in [5, 5.41) is 0. The van der Waals surface area contributed by atoms with Gasteiger partial charge in [0.25, 0.3) is 0 Å². The highest BCUT2D eigenvalue weighted by atomic mass is 19.4. The van der Waals surface area contributed by atoms with Gasteiger partial charge in [0.2, 0.25) is 11.8 Å². The summed E-state index contributed by atoms with van der Waals surface area (Å²) < 4.78 is 42.3. The highest BCUT2D eigenvalue weighted by Gasteiger charge is 2.29. The van der Waals surface area contributed by atoms with Gasteiger partial charge in [-0.1, -0.05) is 6.07 Å². The molecule has 0 N–H and O–H groups in total. The standard InChI is InChI=1S/C19H24F3N5O/c1-14-11-15(2)25-18(24-14)27-8-4-7-26(9-10-27)12-16-5-3-6-23-17(16)28-13-19(20,21)22/h3,5-6,11H,4,7-10,12-13H2,1-2H3. The first kappa shape index (κ1) is 20.3. The van der Waals surface area contributed by atoms with Gasteiger partial charge < -0.3 is 9.64 Å². The van der Waals surface area contributed by atoms with Crippen LogP contribution in [0.3, 0.4) is 0 Å². The molecule has 2 aromatic rings. The van der Waals surface area contributed by atoms with Crippen LogP contribution in [0.4, 0.5) is 19.1 Å². The van der Waals surface area contributed by atoms with Crippen molar-refractivity contribution in [1.29, 1.82) is 0 Å². The number of nitrogens with zero attached hydrogens (tertiary/aromatic N) is 5. The van der Waals surface area contributed by atoms with Crippen molar-refractivity contribution < 1.29 is 17.9 Å². The first-order chi connectivity index (χ1) is 13.3. The summed E-state index contributed by atoms with van der Waals surface area (Å²) >= 11 is 0. The molecule has 1 fully saturated rings. The van der Waals surface area contributed by atoms with Crippen molar-refractivity contribution in [3.8, 4) is 5.88 Å². The Kier molecular flexibility index (Phi) is 6.33. The van der Waals surface area contributed by atoms with Gasteiger partial charge in [-0.25, -0.2) is 15.0 Å². The zero-order valence-corrected chi connectivity index (χ0v) is 16.0. The number of halogens is 3. The predicted molar refractivity (Wildman–Crippen MR) is 99.4 cm³/mol. The van der Waals surface area contributed by atoms with Gasteiger partial charge in [-0.15, -0.1) is 0 Å². The van der Waals surface area contributed by atoms with Crippen LogP contribution in [0.2, 0.25) is 0 Å². The lowest BCUT2D eigenvalue weighted by Gasteiger charge is -2.23. The third-order valence-corrected chi connectivity index (χ3v) is 4.46. The Morgan fingerprint density at radius 2 is 1.82 bits per heavy atom. The number of ether oxygens (including phenoxy) is 1. The molecule has 6 nitrogen and oxygen atoms in total. The molecule has 0 spiro atoms. The normalized spacial score (nSPS) is 16.1. The first-order valence-corrected chi connectivity index (χ1v) is 9.23. The molecule has 9 heteroatoms. The van der Waals surface area contributed by atoms with Crippen molar-refractivity contribution in [3.05, 3.63) is 41.3 Å². The van der Waals surface area contributed by atoms with Crippen LogP contribution in [0.15, 0.2) is 24.4 Å². The predicted octanol–water partition coefficient (Wildman–Crippen LogP) is 3.14. The molecule has 152 valence electrons. The van der Waals surface area contributed by atoms with Gasteiger partial charge in [-0.3, -0.25) is 4.90 Å². The highest BCUT2D eigenvalue weighted by Crippen LogP contribution is 2.22. The Morgan fingerprint density at radius 3 is 2.54 bits per heavy atom. The molecule has 0 bridgehead atoms. The van der Waals surface area contributed by atoms with E-state index in [0.29, 0.717) is 12.1 Å². The molecule has 1 aliphatic heterocycles. The molecule has 1 saturated heterocycles. The van der Waals surface area contributed by atoms with Gasteiger partial charge in [0.1, 0.15) is 0 Å². The van der Waals surface area contributed by atoms with Crippen molar-refractivity contribution >= 4 is 5.95 Å². The summed E-state index contributed by atoms with van der Waals surface area (Å²) in [4.78, 5) is 17.4. The number of rotatable bonds is 5. The quantitative estimate of drug-likeness (QED) is 0.775. The molecular weight excluding hydrogens is 371 g/mol. The number of hydrogen-bond donors (Lipinski definition) is 0. The summed E-state index contributed by atoms with van der Waals surface area (Å²) in [7, 11) is 0. The molecule has 0 unspecified atom stereocenters. The zero-order chi connectivity index (χ0) is 20.1. The fourth-order valence-corrected chi connectivity index (χ4v) is 3.24. The fourth-order valence-electron chi connectivity index (χ4n) is 3.24. The van der Waals surface area contributed by atoms with Crippen molar-refractivity contribution in [3.63, 3.8) is 0 Å². The van der Waals surface area contributed by atoms with Crippen LogP contribution < -0.4 is 9.64 Å². The molecule has 3 rings (SSSR count). The Morgan fingerprint density at radius 1 is 1.07 bits per heavy atom. The van der Waals surface area contributed by atoms with E-state index in [0.717, 1.165) is 49.9 Å². The number of aryl methyl sites for hydroxylation is 2. The van der Waals surface area contributed by atoms with Crippen LogP contribution in [0.1, 0.15) is 23.4 Å². The Hall–Kier alpha value is -2.42. The number of hydrogen-bond acceptors (Lipinski definition) is 6. The number of anilines is 1. The SMILES string of the molecule is Cc1cc(C)nc(N2CCCN(Cc3cccnc3OCC(F)(F)F)CC2)n1. The number of pyridine rings is 1. The Bertz CT molecular complexity index is 779. The van der Waals surface area contributed by atoms with E-state index in [2.05, 4.69) is 24.8 Å². The second-order valence-electron chi connectivity index (χ2n) is 6.94. The van der Waals surface area contributed by atoms with Crippen LogP contribution in [0, 0.1) is 13.8 Å². The lowest BCUT2D eigenvalue weighted by molar-refractivity contribution is -0.154. The maximum Gasteiger partial charge on any atom is 0.422 e. The molecule has 0 atom stereocenters. The molecule has 3 heterocycles. The zero-order valence-electron chi connectivity index (χ0n) is 16.0. The van der Waals surface area contributed by atoms with Gasteiger partial charge in [0.05, 0.1) is 0 Å². The fraction of sp³-hybridized carbons (Fsp3) is 0.526. The average Bonchev–Trinajstić information content (AvgIpc) is 2.85. The van der Waals surface area contributed by atoms with Crippen molar-refractivity contribution in [1.82, 2.24) is 19.9 Å². The van der Waals surface area contributed by atoms with Crippen molar-refractivity contribution in [2.75, 3.05) is 37.7 Å². The van der Waals surface area contributed by atoms with Crippen LogP contribution in [0.5, 0.6) is 5.88 Å². The third kappa shape index (κ3) is 5.79. The van der Waals surface area contributed by atoms with Crippen LogP contribution >= 0.6 is 0 Å². The van der Waals surface area contributed by atoms with Crippen LogP contribution in [-0.2, 0) is 6.54 Å². The van der Waals surface area contributed by atoms with Crippen molar-refractivity contribution in [2.45, 2.75) is 33.0 Å². The van der Waals surface area contributed by atoms with Gasteiger partial charge in [0.15, 0.2) is 6.61 Å². The molecule has 0 aliphatic carbocycles. The second kappa shape index (κ2) is 8.72. The minimum atomic E-state index is -4.39. The molecular formula is C19H24F3N5O. The average molecular weight is 395 g/mol. The summed E-state index contributed by atoms with van der Waals surface area (Å²) in [6, 6.07) is 5.41. The summed E-state index contributed by atoms with van der Waals surface area (Å²) in [5.41, 5.74) is 2.53. The molecule has 28 heavy (non-hydrogen) atoms. The lowest BCUT2D eigenvalue weighted by Crippen LogP contribution is -2.32. The van der Waals surface area contributed by atoms with Gasteiger partial charge in [-0.2, -0.15) is 13.2 Å². The minimum Gasteiger partial charge on any atom is -0.468 e. The molecule has 0 saturated carbocycles. The van der Waals surface area contributed by atoms with Gasteiger partial charge in [0, 0.05) is 55.9 Å². The van der Waals surface area contributed by atoms with E-state index in [9.17, 15) is 13.2 Å². The van der Waals surface area contributed by atoms with Crippen LogP contribution in [-0.4, -0.2) is 58.8 Å². The van der Waals surface area contributed by atoms with Crippen molar-refractivity contribution in [2.24, 2.45) is 0 Å². The highest BCUT2D eigenvalue weighted by molar-refractivity contribution is 5.32. The van der Waals surface area contributed by atoms with Gasteiger partial charge in [-0.05, 0) is 32.4 Å². The van der Waals surface area contributed by atoms with Crippen LogP contribution in [0.25, 0.3) is 0 Å². The minimum absolute atomic E-state index is 0.0403. The lowest BCUT2D eigenvalue weighted by atomic mass is 10.2. The number of alkyl halides is 3. The van der Waals surface area contributed by atoms with Gasteiger partial charge >= 0.3 is 6.18 Å². The second-order valence-corrected chi connectivity index (χ2v) is 6.94. The first-order valence-electron chi connectivity index (χ1n) is 9.23. The molecule has 1 aliphatic rings. The topological polar surface area (TPSA) is 54.4 Å². The molecule has 2 aromatic heterocycles. The van der Waals surface area contributed by atoms with E-state index in [1.165, 1.54) is 6.20 Å². The maximum absolute atomic E-state index is 12.5. The summed E-state index contributed by atoms with van der Waals surface area (Å²) in [6.07, 6.45) is -2.03. The summed E-state index contributed by atoms with van der Waals surface area (Å²) in [5.74, 6) is 0.772. The van der Waals surface area contributed by atoms with E-state index in [4.69, 9.17) is 4.74 Å². The van der Waals surface area contributed by atoms with E-state index in [-0.39, 0.29) is 5.88 Å².